The summed E-state index contributed by atoms with van der Waals surface area (Å²) in [4.78, 5) is 11.9. The lowest BCUT2D eigenvalue weighted by Gasteiger charge is -2.07. The van der Waals surface area contributed by atoms with Crippen LogP contribution in [0.5, 0.6) is 0 Å². The van der Waals surface area contributed by atoms with Gasteiger partial charge >= 0.3 is 0 Å². The second kappa shape index (κ2) is 6.19. The molecule has 104 valence electrons. The molecule has 0 bridgehead atoms. The Bertz CT molecular complexity index is 626. The van der Waals surface area contributed by atoms with Crippen LogP contribution in [-0.4, -0.2) is 12.5 Å². The molecule has 0 aromatic heterocycles. The first kappa shape index (κ1) is 14.1. The number of carbonyl (C=O) groups excluding carboxylic acids is 1. The van der Waals surface area contributed by atoms with Crippen LogP contribution in [0.15, 0.2) is 42.5 Å². The lowest BCUT2D eigenvalue weighted by molar-refractivity contribution is 0.0954. The quantitative estimate of drug-likeness (QED) is 0.841. The summed E-state index contributed by atoms with van der Waals surface area (Å²) in [6.07, 6.45) is 0.465. The first-order valence-corrected chi connectivity index (χ1v) is 6.45. The number of carbonyl (C=O) groups is 1. The topological polar surface area (TPSA) is 55.1 Å². The zero-order valence-corrected chi connectivity index (χ0v) is 11.3. The number of nitrogens with two attached hydrogens (primary N) is 1. The van der Waals surface area contributed by atoms with Crippen molar-refractivity contribution in [3.8, 4) is 0 Å². The van der Waals surface area contributed by atoms with E-state index >= 15 is 0 Å². The molecule has 0 spiro atoms. The maximum atomic E-state index is 13.4. The van der Waals surface area contributed by atoms with Crippen molar-refractivity contribution in [2.45, 2.75) is 13.3 Å². The average Bonchev–Trinajstić information content (AvgIpc) is 2.44. The molecule has 3 N–H and O–H groups in total. The molecular weight excluding hydrogens is 255 g/mol. The molecule has 0 aliphatic carbocycles. The highest BCUT2D eigenvalue weighted by Gasteiger charge is 2.07. The Kier molecular flexibility index (Phi) is 4.35. The van der Waals surface area contributed by atoms with E-state index in [-0.39, 0.29) is 11.7 Å². The van der Waals surface area contributed by atoms with E-state index in [1.54, 1.807) is 36.4 Å². The second-order valence-corrected chi connectivity index (χ2v) is 4.67. The minimum absolute atomic E-state index is 0.176. The van der Waals surface area contributed by atoms with Gasteiger partial charge in [-0.25, -0.2) is 4.39 Å². The van der Waals surface area contributed by atoms with Gasteiger partial charge in [-0.1, -0.05) is 18.2 Å². The van der Waals surface area contributed by atoms with Gasteiger partial charge in [0, 0.05) is 17.8 Å². The second-order valence-electron chi connectivity index (χ2n) is 4.67. The monoisotopic (exact) mass is 272 g/mol. The van der Waals surface area contributed by atoms with E-state index in [1.807, 2.05) is 6.92 Å². The van der Waals surface area contributed by atoms with Gasteiger partial charge in [-0.2, -0.15) is 0 Å². The lowest BCUT2D eigenvalue weighted by atomic mass is 10.1. The number of hydrogen-bond acceptors (Lipinski definition) is 2. The van der Waals surface area contributed by atoms with E-state index in [9.17, 15) is 9.18 Å². The Morgan fingerprint density at radius 3 is 2.70 bits per heavy atom. The van der Waals surface area contributed by atoms with Crippen LogP contribution in [0.1, 0.15) is 21.5 Å². The highest BCUT2D eigenvalue weighted by Crippen LogP contribution is 2.12. The average molecular weight is 272 g/mol. The molecule has 0 fully saturated rings. The number of anilines is 1. The third-order valence-corrected chi connectivity index (χ3v) is 3.17. The van der Waals surface area contributed by atoms with E-state index in [0.717, 1.165) is 5.56 Å². The number of rotatable bonds is 4. The number of aryl methyl sites for hydroxylation is 1. The molecule has 0 saturated carbocycles. The molecule has 20 heavy (non-hydrogen) atoms. The minimum atomic E-state index is -0.245. The van der Waals surface area contributed by atoms with E-state index in [1.165, 1.54) is 6.07 Å². The van der Waals surface area contributed by atoms with Gasteiger partial charge in [0.1, 0.15) is 5.82 Å². The van der Waals surface area contributed by atoms with Crippen LogP contribution in [0.2, 0.25) is 0 Å². The summed E-state index contributed by atoms with van der Waals surface area (Å²) in [6.45, 7) is 2.24. The maximum absolute atomic E-state index is 13.4. The molecule has 0 aliphatic rings. The van der Waals surface area contributed by atoms with Gasteiger partial charge in [0.05, 0.1) is 0 Å². The molecule has 0 atom stereocenters. The fraction of sp³-hybridized carbons (Fsp3) is 0.188. The van der Waals surface area contributed by atoms with Crippen molar-refractivity contribution >= 4 is 11.6 Å². The van der Waals surface area contributed by atoms with Crippen molar-refractivity contribution in [1.29, 1.82) is 0 Å². The largest absolute Gasteiger partial charge is 0.399 e. The zero-order chi connectivity index (χ0) is 14.5. The van der Waals surface area contributed by atoms with Crippen molar-refractivity contribution < 1.29 is 9.18 Å². The zero-order valence-electron chi connectivity index (χ0n) is 11.3. The van der Waals surface area contributed by atoms with Gasteiger partial charge in [-0.15, -0.1) is 0 Å². The number of hydrogen-bond donors (Lipinski definition) is 2. The molecule has 0 aliphatic heterocycles. The number of nitrogens with one attached hydrogen (secondary N) is 1. The predicted molar refractivity (Wildman–Crippen MR) is 78.0 cm³/mol. The van der Waals surface area contributed by atoms with Gasteiger partial charge in [-0.05, 0) is 48.7 Å². The molecule has 2 rings (SSSR count). The number of nitrogen functional groups attached to an aromatic ring is 1. The van der Waals surface area contributed by atoms with Gasteiger partial charge in [-0.3, -0.25) is 4.79 Å². The molecule has 0 saturated heterocycles. The Morgan fingerprint density at radius 2 is 2.00 bits per heavy atom. The molecule has 3 nitrogen and oxygen atoms in total. The summed E-state index contributed by atoms with van der Waals surface area (Å²) in [6, 6.07) is 11.7. The summed E-state index contributed by atoms with van der Waals surface area (Å²) < 4.78 is 13.4. The van der Waals surface area contributed by atoms with E-state index in [4.69, 9.17) is 5.73 Å². The van der Waals surface area contributed by atoms with Crippen LogP contribution >= 0.6 is 0 Å². The smallest absolute Gasteiger partial charge is 0.251 e. The molecule has 0 radical (unpaired) electrons. The van der Waals surface area contributed by atoms with Gasteiger partial charge in [0.2, 0.25) is 0 Å². The third kappa shape index (κ3) is 3.35. The maximum Gasteiger partial charge on any atom is 0.251 e. The third-order valence-electron chi connectivity index (χ3n) is 3.17. The Morgan fingerprint density at radius 1 is 1.25 bits per heavy atom. The van der Waals surface area contributed by atoms with Crippen molar-refractivity contribution in [2.24, 2.45) is 0 Å². The van der Waals surface area contributed by atoms with Crippen molar-refractivity contribution in [2.75, 3.05) is 12.3 Å². The summed E-state index contributed by atoms with van der Waals surface area (Å²) in [5.41, 5.74) is 8.39. The van der Waals surface area contributed by atoms with Gasteiger partial charge in [0.25, 0.3) is 5.91 Å². The number of amides is 1. The van der Waals surface area contributed by atoms with E-state index in [0.29, 0.717) is 29.8 Å². The minimum Gasteiger partial charge on any atom is -0.399 e. The Labute approximate surface area is 117 Å². The van der Waals surface area contributed by atoms with Crippen molar-refractivity contribution in [3.63, 3.8) is 0 Å². The van der Waals surface area contributed by atoms with Gasteiger partial charge < -0.3 is 11.1 Å². The molecule has 4 heteroatoms. The summed E-state index contributed by atoms with van der Waals surface area (Å²) in [5.74, 6) is -0.422. The molecule has 0 unspecified atom stereocenters. The standard InChI is InChI=1S/C16H17FN2O/c1-11-10-13(6-7-15(11)18)16(20)19-9-8-12-4-2-3-5-14(12)17/h2-7,10H,8-9,18H2,1H3,(H,19,20). The van der Waals surface area contributed by atoms with Crippen LogP contribution in [0.4, 0.5) is 10.1 Å². The highest BCUT2D eigenvalue weighted by molar-refractivity contribution is 5.94. The summed E-state index contributed by atoms with van der Waals surface area (Å²) in [5, 5.41) is 2.77. The van der Waals surface area contributed by atoms with Crippen LogP contribution < -0.4 is 11.1 Å². The summed E-state index contributed by atoms with van der Waals surface area (Å²) >= 11 is 0. The SMILES string of the molecule is Cc1cc(C(=O)NCCc2ccccc2F)ccc1N. The van der Waals surface area contributed by atoms with Crippen LogP contribution in [0.25, 0.3) is 0 Å². The first-order chi connectivity index (χ1) is 9.58. The van der Waals surface area contributed by atoms with Gasteiger partial charge in [0.15, 0.2) is 0 Å². The Balaban J connectivity index is 1.92. The number of halogens is 1. The highest BCUT2D eigenvalue weighted by atomic mass is 19.1. The van der Waals surface area contributed by atoms with E-state index in [2.05, 4.69) is 5.32 Å². The molecule has 0 heterocycles. The first-order valence-electron chi connectivity index (χ1n) is 6.45. The fourth-order valence-electron chi connectivity index (χ4n) is 1.93. The molecular formula is C16H17FN2O. The van der Waals surface area contributed by atoms with E-state index < -0.39 is 0 Å². The lowest BCUT2D eigenvalue weighted by Crippen LogP contribution is -2.26. The summed E-state index contributed by atoms with van der Waals surface area (Å²) in [7, 11) is 0. The Hall–Kier alpha value is -2.36. The number of benzene rings is 2. The van der Waals surface area contributed by atoms with Crippen molar-refractivity contribution in [1.82, 2.24) is 5.32 Å². The molecule has 2 aromatic carbocycles. The molecule has 1 amide bonds. The van der Waals surface area contributed by atoms with Crippen molar-refractivity contribution in [3.05, 3.63) is 65.0 Å². The molecule has 2 aromatic rings. The fourth-order valence-corrected chi connectivity index (χ4v) is 1.93. The normalized spacial score (nSPS) is 10.3. The van der Waals surface area contributed by atoms with Crippen LogP contribution in [-0.2, 0) is 6.42 Å². The predicted octanol–water partition coefficient (Wildman–Crippen LogP) is 2.69. The van der Waals surface area contributed by atoms with Crippen LogP contribution in [0.3, 0.4) is 0 Å². The van der Waals surface area contributed by atoms with Crippen LogP contribution in [0, 0.1) is 12.7 Å².